The number of carbonyl (C=O) groups is 4. The number of carbonyl (C=O) groups excluding carboxylic acids is 4. The maximum Gasteiger partial charge on any atom is 0.340 e. The molecule has 3 amide bonds. The largest absolute Gasteiger partial charge is 0.493 e. The van der Waals surface area contributed by atoms with E-state index in [4.69, 9.17) is 14.2 Å². The smallest absolute Gasteiger partial charge is 0.340 e. The van der Waals surface area contributed by atoms with Crippen molar-refractivity contribution in [1.29, 1.82) is 0 Å². The molecule has 1 aliphatic rings. The van der Waals surface area contributed by atoms with Crippen LogP contribution in [0.2, 0.25) is 0 Å². The molecule has 1 aliphatic heterocycles. The third-order valence-electron chi connectivity index (χ3n) is 3.76. The summed E-state index contributed by atoms with van der Waals surface area (Å²) in [6.07, 6.45) is 0.906. The predicted octanol–water partition coefficient (Wildman–Crippen LogP) is 0.968. The fourth-order valence-electron chi connectivity index (χ4n) is 2.54. The van der Waals surface area contributed by atoms with Gasteiger partial charge in [-0.2, -0.15) is 0 Å². The van der Waals surface area contributed by atoms with E-state index in [1.54, 1.807) is 0 Å². The minimum absolute atomic E-state index is 0.00148. The summed E-state index contributed by atoms with van der Waals surface area (Å²) in [5.41, 5.74) is 0.156. The van der Waals surface area contributed by atoms with Crippen LogP contribution in [0, 0.1) is 0 Å². The zero-order valence-electron chi connectivity index (χ0n) is 14.8. The molecule has 0 aliphatic carbocycles. The molecule has 9 nitrogen and oxygen atoms in total. The Morgan fingerprint density at radius 2 is 1.81 bits per heavy atom. The van der Waals surface area contributed by atoms with Gasteiger partial charge in [-0.1, -0.05) is 0 Å². The molecule has 1 heterocycles. The second-order valence-electron chi connectivity index (χ2n) is 5.55. The summed E-state index contributed by atoms with van der Waals surface area (Å²) in [5.74, 6) is -1.53. The minimum Gasteiger partial charge on any atom is -0.493 e. The molecule has 1 aromatic carbocycles. The molecule has 140 valence electrons. The zero-order chi connectivity index (χ0) is 19.3. The van der Waals surface area contributed by atoms with Crippen molar-refractivity contribution in [3.63, 3.8) is 0 Å². The fraction of sp³-hybridized carbons (Fsp3) is 0.412. The van der Waals surface area contributed by atoms with Crippen molar-refractivity contribution in [3.05, 3.63) is 17.7 Å². The number of hydrogen-bond acceptors (Lipinski definition) is 7. The van der Waals surface area contributed by atoms with Crippen molar-refractivity contribution in [3.8, 4) is 11.5 Å². The number of benzene rings is 1. The Kier molecular flexibility index (Phi) is 6.16. The lowest BCUT2D eigenvalue weighted by atomic mass is 10.1. The van der Waals surface area contributed by atoms with Crippen LogP contribution in [0.3, 0.4) is 0 Å². The standard InChI is InChI=1S/C17H20N2O7/c1-10(20)18-12-8-14(25-3)13(24-2)7-11(12)17(23)26-9-16(22)19-6-4-5-15(19)21/h7-8H,4-6,9H2,1-3H3,(H,18,20). The summed E-state index contributed by atoms with van der Waals surface area (Å²) in [5, 5.41) is 2.51. The first-order chi connectivity index (χ1) is 12.4. The maximum absolute atomic E-state index is 12.4. The number of methoxy groups -OCH3 is 2. The van der Waals surface area contributed by atoms with E-state index in [1.807, 2.05) is 0 Å². The van der Waals surface area contributed by atoms with Crippen molar-refractivity contribution in [1.82, 2.24) is 4.90 Å². The first-order valence-electron chi connectivity index (χ1n) is 7.91. The maximum atomic E-state index is 12.4. The van der Waals surface area contributed by atoms with Gasteiger partial charge in [0.15, 0.2) is 18.1 Å². The number of amides is 3. The highest BCUT2D eigenvalue weighted by Crippen LogP contribution is 2.33. The second-order valence-corrected chi connectivity index (χ2v) is 5.55. The normalized spacial score (nSPS) is 13.3. The molecule has 0 spiro atoms. The van der Waals surface area contributed by atoms with E-state index >= 15 is 0 Å². The summed E-state index contributed by atoms with van der Waals surface area (Å²) in [7, 11) is 2.81. The molecule has 1 saturated heterocycles. The van der Waals surface area contributed by atoms with Crippen molar-refractivity contribution >= 4 is 29.4 Å². The van der Waals surface area contributed by atoms with Gasteiger partial charge < -0.3 is 19.5 Å². The number of hydrogen-bond donors (Lipinski definition) is 1. The Morgan fingerprint density at radius 3 is 2.35 bits per heavy atom. The van der Waals surface area contributed by atoms with E-state index in [-0.39, 0.29) is 22.9 Å². The molecule has 1 N–H and O–H groups in total. The van der Waals surface area contributed by atoms with Crippen LogP contribution in [0.25, 0.3) is 0 Å². The number of imide groups is 1. The summed E-state index contributed by atoms with van der Waals surface area (Å²) < 4.78 is 15.3. The van der Waals surface area contributed by atoms with Crippen molar-refractivity contribution < 1.29 is 33.4 Å². The molecular weight excluding hydrogens is 344 g/mol. The average molecular weight is 364 g/mol. The molecule has 0 unspecified atom stereocenters. The Bertz CT molecular complexity index is 745. The summed E-state index contributed by atoms with van der Waals surface area (Å²) in [6, 6.07) is 2.76. The fourth-order valence-corrected chi connectivity index (χ4v) is 2.54. The summed E-state index contributed by atoms with van der Waals surface area (Å²) >= 11 is 0. The quantitative estimate of drug-likeness (QED) is 0.749. The topological polar surface area (TPSA) is 111 Å². The van der Waals surface area contributed by atoms with Gasteiger partial charge >= 0.3 is 5.97 Å². The van der Waals surface area contributed by atoms with Gasteiger partial charge in [-0.15, -0.1) is 0 Å². The SMILES string of the molecule is COc1cc(NC(C)=O)c(C(=O)OCC(=O)N2CCCC2=O)cc1OC. The minimum atomic E-state index is -0.838. The van der Waals surface area contributed by atoms with Gasteiger partial charge in [0, 0.05) is 32.0 Å². The van der Waals surface area contributed by atoms with Gasteiger partial charge in [0.05, 0.1) is 25.5 Å². The van der Waals surface area contributed by atoms with Crippen molar-refractivity contribution in [2.24, 2.45) is 0 Å². The molecule has 9 heteroatoms. The molecule has 0 radical (unpaired) electrons. The van der Waals surface area contributed by atoms with E-state index in [2.05, 4.69) is 5.32 Å². The van der Waals surface area contributed by atoms with E-state index in [0.717, 1.165) is 4.90 Å². The molecule has 0 atom stereocenters. The molecule has 2 rings (SSSR count). The van der Waals surface area contributed by atoms with Crippen LogP contribution >= 0.6 is 0 Å². The van der Waals surface area contributed by atoms with Gasteiger partial charge in [0.1, 0.15) is 0 Å². The number of anilines is 1. The highest BCUT2D eigenvalue weighted by atomic mass is 16.5. The monoisotopic (exact) mass is 364 g/mol. The van der Waals surface area contributed by atoms with E-state index in [0.29, 0.717) is 25.1 Å². The molecule has 26 heavy (non-hydrogen) atoms. The highest BCUT2D eigenvalue weighted by molar-refractivity contribution is 6.03. The zero-order valence-corrected chi connectivity index (χ0v) is 14.8. The molecule has 0 saturated carbocycles. The first-order valence-corrected chi connectivity index (χ1v) is 7.91. The van der Waals surface area contributed by atoms with Gasteiger partial charge in [-0.05, 0) is 6.42 Å². The molecule has 0 bridgehead atoms. The van der Waals surface area contributed by atoms with Gasteiger partial charge in [-0.3, -0.25) is 19.3 Å². The Hall–Kier alpha value is -3.10. The van der Waals surface area contributed by atoms with E-state index in [1.165, 1.54) is 33.3 Å². The van der Waals surface area contributed by atoms with E-state index < -0.39 is 24.4 Å². The van der Waals surface area contributed by atoms with Crippen LogP contribution in [0.5, 0.6) is 11.5 Å². The lowest BCUT2D eigenvalue weighted by molar-refractivity contribution is -0.143. The summed E-state index contributed by atoms with van der Waals surface area (Å²) in [4.78, 5) is 48.4. The van der Waals surface area contributed by atoms with Crippen LogP contribution in [0.1, 0.15) is 30.1 Å². The number of nitrogens with zero attached hydrogens (tertiary/aromatic N) is 1. The van der Waals surface area contributed by atoms with Crippen LogP contribution in [0.4, 0.5) is 5.69 Å². The molecule has 1 fully saturated rings. The number of nitrogens with one attached hydrogen (secondary N) is 1. The Balaban J connectivity index is 2.19. The lowest BCUT2D eigenvalue weighted by Crippen LogP contribution is -2.35. The second kappa shape index (κ2) is 8.32. The molecule has 1 aromatic rings. The van der Waals surface area contributed by atoms with E-state index in [9.17, 15) is 19.2 Å². The summed E-state index contributed by atoms with van der Waals surface area (Å²) in [6.45, 7) is 1.04. The first kappa shape index (κ1) is 19.2. The van der Waals surface area contributed by atoms with Crippen molar-refractivity contribution in [2.75, 3.05) is 32.7 Å². The van der Waals surface area contributed by atoms with Crippen LogP contribution in [0.15, 0.2) is 12.1 Å². The number of esters is 1. The lowest BCUT2D eigenvalue weighted by Gasteiger charge is -2.16. The predicted molar refractivity (Wildman–Crippen MR) is 90.1 cm³/mol. The molecular formula is C17H20N2O7. The third-order valence-corrected chi connectivity index (χ3v) is 3.76. The Morgan fingerprint density at radius 1 is 1.15 bits per heavy atom. The van der Waals surface area contributed by atoms with Crippen LogP contribution in [-0.4, -0.2) is 56.0 Å². The van der Waals surface area contributed by atoms with Gasteiger partial charge in [-0.25, -0.2) is 4.79 Å². The molecule has 0 aromatic heterocycles. The van der Waals surface area contributed by atoms with Crippen molar-refractivity contribution in [2.45, 2.75) is 19.8 Å². The number of rotatable bonds is 6. The third kappa shape index (κ3) is 4.29. The average Bonchev–Trinajstić information content (AvgIpc) is 3.04. The van der Waals surface area contributed by atoms with Gasteiger partial charge in [0.25, 0.3) is 5.91 Å². The van der Waals surface area contributed by atoms with Crippen LogP contribution in [-0.2, 0) is 19.1 Å². The highest BCUT2D eigenvalue weighted by Gasteiger charge is 2.27. The number of ether oxygens (including phenoxy) is 3. The van der Waals surface area contributed by atoms with Crippen LogP contribution < -0.4 is 14.8 Å². The number of likely N-dealkylation sites (tertiary alicyclic amines) is 1. The Labute approximate surface area is 150 Å². The van der Waals surface area contributed by atoms with Gasteiger partial charge in [0.2, 0.25) is 11.8 Å².